The predicted octanol–water partition coefficient (Wildman–Crippen LogP) is 2.10. The monoisotopic (exact) mass is 321 g/mol. The number of nitrogens with zero attached hydrogens (tertiary/aromatic N) is 1. The fourth-order valence-electron chi connectivity index (χ4n) is 2.60. The quantitative estimate of drug-likeness (QED) is 0.793. The van der Waals surface area contributed by atoms with E-state index in [1.165, 1.54) is 4.90 Å². The Morgan fingerprint density at radius 2 is 1.78 bits per heavy atom. The summed E-state index contributed by atoms with van der Waals surface area (Å²) in [5.41, 5.74) is 0.924. The molecule has 0 spiro atoms. The Kier molecular flexibility index (Phi) is 5.47. The molecule has 0 radical (unpaired) electrons. The molecule has 6 heteroatoms. The van der Waals surface area contributed by atoms with Gasteiger partial charge in [-0.1, -0.05) is 0 Å². The number of methoxy groups -OCH3 is 2. The molecule has 0 bridgehead atoms. The highest BCUT2D eigenvalue weighted by Gasteiger charge is 2.37. The highest BCUT2D eigenvalue weighted by Crippen LogP contribution is 2.30. The van der Waals surface area contributed by atoms with Gasteiger partial charge in [0.2, 0.25) is 5.91 Å². The Morgan fingerprint density at radius 3 is 2.22 bits per heavy atom. The second-order valence-corrected chi connectivity index (χ2v) is 5.77. The number of carboxylic acids is 1. The Hall–Kier alpha value is -2.24. The molecule has 1 aromatic carbocycles. The van der Waals surface area contributed by atoms with Crippen molar-refractivity contribution < 1.29 is 24.2 Å². The fraction of sp³-hybridized carbons (Fsp3) is 0.529. The molecule has 0 aliphatic heterocycles. The third kappa shape index (κ3) is 4.37. The Balaban J connectivity index is 2.04. The zero-order valence-electron chi connectivity index (χ0n) is 13.7. The van der Waals surface area contributed by atoms with Crippen LogP contribution in [0.25, 0.3) is 0 Å². The third-order valence-corrected chi connectivity index (χ3v) is 4.04. The number of carbonyl (C=O) groups is 2. The van der Waals surface area contributed by atoms with Crippen molar-refractivity contribution in [2.75, 3.05) is 14.2 Å². The zero-order valence-corrected chi connectivity index (χ0v) is 13.7. The SMILES string of the molecule is COc1cc(CCC(=O)N(C2CC2)C(C)C(=O)O)cc(OC)c1. The third-order valence-electron chi connectivity index (χ3n) is 4.04. The summed E-state index contributed by atoms with van der Waals surface area (Å²) in [6.45, 7) is 1.56. The van der Waals surface area contributed by atoms with Crippen molar-refractivity contribution in [2.45, 2.75) is 44.7 Å². The minimum atomic E-state index is -0.965. The maximum Gasteiger partial charge on any atom is 0.326 e. The lowest BCUT2D eigenvalue weighted by molar-refractivity contribution is -0.150. The van der Waals surface area contributed by atoms with Gasteiger partial charge >= 0.3 is 5.97 Å². The Morgan fingerprint density at radius 1 is 1.22 bits per heavy atom. The van der Waals surface area contributed by atoms with Crippen molar-refractivity contribution >= 4 is 11.9 Å². The smallest absolute Gasteiger partial charge is 0.326 e. The van der Waals surface area contributed by atoms with Crippen LogP contribution in [0, 0.1) is 0 Å². The molecule has 2 rings (SSSR count). The number of ether oxygens (including phenoxy) is 2. The van der Waals surface area contributed by atoms with Gasteiger partial charge in [-0.25, -0.2) is 4.79 Å². The average Bonchev–Trinajstić information content (AvgIpc) is 3.37. The van der Waals surface area contributed by atoms with Gasteiger partial charge in [-0.05, 0) is 43.9 Å². The number of benzene rings is 1. The van der Waals surface area contributed by atoms with E-state index in [-0.39, 0.29) is 18.4 Å². The Labute approximate surface area is 136 Å². The van der Waals surface area contributed by atoms with Crippen molar-refractivity contribution in [1.29, 1.82) is 0 Å². The Bertz CT molecular complexity index is 560. The molecular weight excluding hydrogens is 298 g/mol. The summed E-state index contributed by atoms with van der Waals surface area (Å²) in [6.07, 6.45) is 2.55. The van der Waals surface area contributed by atoms with Crippen molar-refractivity contribution in [3.05, 3.63) is 23.8 Å². The van der Waals surface area contributed by atoms with E-state index in [2.05, 4.69) is 0 Å². The average molecular weight is 321 g/mol. The van der Waals surface area contributed by atoms with Crippen molar-refractivity contribution in [3.8, 4) is 11.5 Å². The molecule has 23 heavy (non-hydrogen) atoms. The topological polar surface area (TPSA) is 76.1 Å². The van der Waals surface area contributed by atoms with Crippen LogP contribution < -0.4 is 9.47 Å². The fourth-order valence-corrected chi connectivity index (χ4v) is 2.60. The highest BCUT2D eigenvalue weighted by atomic mass is 16.5. The standard InChI is InChI=1S/C17H23NO5/c1-11(17(20)21)18(13-5-6-13)16(19)7-4-12-8-14(22-2)10-15(9-12)23-3/h8-11,13H,4-7H2,1-3H3,(H,20,21). The van der Waals surface area contributed by atoms with Crippen molar-refractivity contribution in [2.24, 2.45) is 0 Å². The molecule has 0 saturated heterocycles. The number of carbonyl (C=O) groups excluding carboxylic acids is 1. The summed E-state index contributed by atoms with van der Waals surface area (Å²) in [5, 5.41) is 9.17. The summed E-state index contributed by atoms with van der Waals surface area (Å²) in [4.78, 5) is 25.2. The van der Waals surface area contributed by atoms with Crippen molar-refractivity contribution in [3.63, 3.8) is 0 Å². The van der Waals surface area contributed by atoms with E-state index in [1.54, 1.807) is 27.2 Å². The maximum atomic E-state index is 12.5. The van der Waals surface area contributed by atoms with E-state index < -0.39 is 12.0 Å². The molecule has 1 N–H and O–H groups in total. The molecular formula is C17H23NO5. The number of hydrogen-bond donors (Lipinski definition) is 1. The molecule has 1 amide bonds. The van der Waals surface area contributed by atoms with Gasteiger partial charge in [0.15, 0.2) is 0 Å². The zero-order chi connectivity index (χ0) is 17.0. The summed E-state index contributed by atoms with van der Waals surface area (Å²) < 4.78 is 10.4. The van der Waals surface area contributed by atoms with Crippen LogP contribution in [0.1, 0.15) is 31.7 Å². The van der Waals surface area contributed by atoms with Crippen LogP contribution in [-0.2, 0) is 16.0 Å². The predicted molar refractivity (Wildman–Crippen MR) is 84.8 cm³/mol. The first-order valence-corrected chi connectivity index (χ1v) is 7.72. The minimum Gasteiger partial charge on any atom is -0.497 e. The van der Waals surface area contributed by atoms with E-state index >= 15 is 0 Å². The molecule has 6 nitrogen and oxygen atoms in total. The van der Waals surface area contributed by atoms with Crippen molar-refractivity contribution in [1.82, 2.24) is 4.90 Å². The summed E-state index contributed by atoms with van der Waals surface area (Å²) in [6, 6.07) is 4.78. The number of amides is 1. The number of carboxylic acid groups (broad SMARTS) is 1. The molecule has 1 aromatic rings. The number of hydrogen-bond acceptors (Lipinski definition) is 4. The first-order chi connectivity index (χ1) is 11.0. The van der Waals surface area contributed by atoms with E-state index in [9.17, 15) is 14.7 Å². The largest absolute Gasteiger partial charge is 0.497 e. The first-order valence-electron chi connectivity index (χ1n) is 7.72. The van der Waals surface area contributed by atoms with Gasteiger partial charge in [0.05, 0.1) is 14.2 Å². The molecule has 1 unspecified atom stereocenters. The van der Waals surface area contributed by atoms with E-state index in [4.69, 9.17) is 9.47 Å². The molecule has 1 saturated carbocycles. The van der Waals surface area contributed by atoms with Gasteiger partial charge < -0.3 is 19.5 Å². The number of rotatable bonds is 8. The van der Waals surface area contributed by atoms with Crippen LogP contribution in [0.15, 0.2) is 18.2 Å². The van der Waals surface area contributed by atoms with Crippen LogP contribution in [0.3, 0.4) is 0 Å². The highest BCUT2D eigenvalue weighted by molar-refractivity contribution is 5.84. The van der Waals surface area contributed by atoms with Crippen LogP contribution >= 0.6 is 0 Å². The molecule has 1 aliphatic carbocycles. The van der Waals surface area contributed by atoms with Gasteiger partial charge in [-0.15, -0.1) is 0 Å². The lowest BCUT2D eigenvalue weighted by Gasteiger charge is -2.26. The normalized spacial score (nSPS) is 14.9. The molecule has 0 heterocycles. The minimum absolute atomic E-state index is 0.0773. The molecule has 0 aromatic heterocycles. The molecule has 1 atom stereocenters. The van der Waals surface area contributed by atoms with Crippen LogP contribution in [0.4, 0.5) is 0 Å². The van der Waals surface area contributed by atoms with Gasteiger partial charge in [0, 0.05) is 18.5 Å². The summed E-state index contributed by atoms with van der Waals surface area (Å²) >= 11 is 0. The number of aryl methyl sites for hydroxylation is 1. The maximum absolute atomic E-state index is 12.5. The molecule has 1 fully saturated rings. The van der Waals surface area contributed by atoms with Crippen LogP contribution in [0.5, 0.6) is 11.5 Å². The van der Waals surface area contributed by atoms with E-state index in [0.29, 0.717) is 17.9 Å². The second-order valence-electron chi connectivity index (χ2n) is 5.77. The van der Waals surface area contributed by atoms with Gasteiger partial charge in [-0.2, -0.15) is 0 Å². The van der Waals surface area contributed by atoms with E-state index in [0.717, 1.165) is 18.4 Å². The second kappa shape index (κ2) is 7.35. The lowest BCUT2D eigenvalue weighted by Crippen LogP contribution is -2.44. The molecule has 126 valence electrons. The lowest BCUT2D eigenvalue weighted by atomic mass is 10.1. The van der Waals surface area contributed by atoms with Gasteiger partial charge in [0.25, 0.3) is 0 Å². The van der Waals surface area contributed by atoms with E-state index in [1.807, 2.05) is 12.1 Å². The summed E-state index contributed by atoms with van der Waals surface area (Å²) in [5.74, 6) is 0.256. The van der Waals surface area contributed by atoms with Crippen LogP contribution in [0.2, 0.25) is 0 Å². The van der Waals surface area contributed by atoms with Crippen LogP contribution in [-0.4, -0.2) is 48.2 Å². The number of aliphatic carboxylic acids is 1. The molecule has 1 aliphatic rings. The van der Waals surface area contributed by atoms with Gasteiger partial charge in [-0.3, -0.25) is 4.79 Å². The first kappa shape index (κ1) is 17.1. The van der Waals surface area contributed by atoms with Gasteiger partial charge in [0.1, 0.15) is 17.5 Å². The summed E-state index contributed by atoms with van der Waals surface area (Å²) in [7, 11) is 3.15.